The van der Waals surface area contributed by atoms with Gasteiger partial charge in [0.25, 0.3) is 0 Å². The smallest absolute Gasteiger partial charge is 0.352 e. The summed E-state index contributed by atoms with van der Waals surface area (Å²) in [6.45, 7) is 0.00289. The Hall–Kier alpha value is -2.13. The number of imidazole rings is 1. The molecule has 0 saturated carbocycles. The highest BCUT2D eigenvalue weighted by molar-refractivity contribution is 7.89. The highest BCUT2D eigenvalue weighted by Gasteiger charge is 2.18. The Morgan fingerprint density at radius 1 is 1.44 bits per heavy atom. The summed E-state index contributed by atoms with van der Waals surface area (Å²) in [6, 6.07) is 1.05. The van der Waals surface area contributed by atoms with Crippen LogP contribution in [-0.2, 0) is 16.6 Å². The van der Waals surface area contributed by atoms with Gasteiger partial charge < -0.3 is 15.1 Å². The maximum atomic E-state index is 11.8. The first kappa shape index (κ1) is 12.3. The van der Waals surface area contributed by atoms with Crippen molar-refractivity contribution >= 4 is 16.0 Å². The van der Waals surface area contributed by atoms with E-state index < -0.39 is 16.0 Å². The number of hydrogen-bond donors (Lipinski definition) is 4. The van der Waals surface area contributed by atoms with Gasteiger partial charge in [-0.05, 0) is 6.07 Å². The molecule has 96 valence electrons. The van der Waals surface area contributed by atoms with E-state index in [9.17, 15) is 13.2 Å². The minimum absolute atomic E-state index is 0.00289. The van der Waals surface area contributed by atoms with Crippen LogP contribution in [0.5, 0.6) is 0 Å². The van der Waals surface area contributed by atoms with Crippen molar-refractivity contribution < 1.29 is 18.3 Å². The number of H-pyrrole nitrogens is 2. The van der Waals surface area contributed by atoms with Crippen LogP contribution in [0, 0.1) is 0 Å². The predicted molar refractivity (Wildman–Crippen MR) is 60.4 cm³/mol. The second-order valence-electron chi connectivity index (χ2n) is 3.41. The summed E-state index contributed by atoms with van der Waals surface area (Å²) >= 11 is 0. The first-order chi connectivity index (χ1) is 8.49. The zero-order chi connectivity index (χ0) is 13.2. The Labute approximate surface area is 102 Å². The summed E-state index contributed by atoms with van der Waals surface area (Å²) in [5.41, 5.74) is -0.187. The molecule has 0 unspecified atom stereocenters. The van der Waals surface area contributed by atoms with Gasteiger partial charge in [0.2, 0.25) is 10.0 Å². The van der Waals surface area contributed by atoms with E-state index in [4.69, 9.17) is 5.11 Å². The van der Waals surface area contributed by atoms with Gasteiger partial charge in [-0.1, -0.05) is 0 Å². The molecule has 0 fully saturated rings. The third-order valence-electron chi connectivity index (χ3n) is 2.18. The van der Waals surface area contributed by atoms with Crippen LogP contribution in [0.15, 0.2) is 29.6 Å². The van der Waals surface area contributed by atoms with Crippen LogP contribution in [0.1, 0.15) is 16.3 Å². The van der Waals surface area contributed by atoms with Crippen LogP contribution >= 0.6 is 0 Å². The van der Waals surface area contributed by atoms with E-state index in [-0.39, 0.29) is 17.1 Å². The lowest BCUT2D eigenvalue weighted by atomic mass is 10.4. The van der Waals surface area contributed by atoms with Gasteiger partial charge in [0.05, 0.1) is 6.54 Å². The van der Waals surface area contributed by atoms with E-state index in [1.54, 1.807) is 6.20 Å². The number of carboxylic acid groups (broad SMARTS) is 1. The molecule has 2 rings (SSSR count). The SMILES string of the molecule is O=C(O)c1cc(S(=O)(=O)NCc2ncc[nH]2)c[nH]1. The Morgan fingerprint density at radius 2 is 2.22 bits per heavy atom. The quantitative estimate of drug-likeness (QED) is 0.604. The third-order valence-corrected chi connectivity index (χ3v) is 3.56. The maximum Gasteiger partial charge on any atom is 0.352 e. The fraction of sp³-hybridized carbons (Fsp3) is 0.111. The van der Waals surface area contributed by atoms with Gasteiger partial charge in [0.1, 0.15) is 16.4 Å². The molecular weight excluding hydrogens is 260 g/mol. The standard InChI is InChI=1S/C9H10N4O4S/c14-9(15)7-3-6(4-12-7)18(16,17)13-5-8-10-1-2-11-8/h1-4,12-13H,5H2,(H,10,11)(H,14,15). The largest absolute Gasteiger partial charge is 0.477 e. The maximum absolute atomic E-state index is 11.8. The number of nitrogens with zero attached hydrogens (tertiary/aromatic N) is 1. The molecule has 18 heavy (non-hydrogen) atoms. The van der Waals surface area contributed by atoms with E-state index in [0.29, 0.717) is 5.82 Å². The van der Waals surface area contributed by atoms with Crippen LogP contribution in [0.4, 0.5) is 0 Å². The van der Waals surface area contributed by atoms with Gasteiger partial charge in [-0.2, -0.15) is 0 Å². The molecule has 0 aliphatic carbocycles. The van der Waals surface area contributed by atoms with Crippen molar-refractivity contribution in [3.8, 4) is 0 Å². The fourth-order valence-corrected chi connectivity index (χ4v) is 2.27. The van der Waals surface area contributed by atoms with Crippen molar-refractivity contribution in [2.75, 3.05) is 0 Å². The molecule has 2 aromatic rings. The number of sulfonamides is 1. The molecule has 0 amide bonds. The topological polar surface area (TPSA) is 128 Å². The minimum Gasteiger partial charge on any atom is -0.477 e. The second-order valence-corrected chi connectivity index (χ2v) is 5.18. The molecule has 0 atom stereocenters. The number of rotatable bonds is 5. The van der Waals surface area contributed by atoms with Gasteiger partial charge in [-0.25, -0.2) is 22.9 Å². The average molecular weight is 270 g/mol. The second kappa shape index (κ2) is 4.63. The lowest BCUT2D eigenvalue weighted by Gasteiger charge is -2.02. The first-order valence-corrected chi connectivity index (χ1v) is 6.37. The zero-order valence-corrected chi connectivity index (χ0v) is 9.86. The Balaban J connectivity index is 2.12. The lowest BCUT2D eigenvalue weighted by molar-refractivity contribution is 0.0691. The van der Waals surface area contributed by atoms with Crippen molar-refractivity contribution in [1.29, 1.82) is 0 Å². The van der Waals surface area contributed by atoms with Gasteiger partial charge in [-0.3, -0.25) is 0 Å². The van der Waals surface area contributed by atoms with E-state index in [1.807, 2.05) is 0 Å². The summed E-state index contributed by atoms with van der Waals surface area (Å²) in [5, 5.41) is 8.68. The number of carboxylic acids is 1. The number of aromatic nitrogens is 3. The summed E-state index contributed by atoms with van der Waals surface area (Å²) in [7, 11) is -3.75. The normalized spacial score (nSPS) is 11.6. The zero-order valence-electron chi connectivity index (χ0n) is 9.04. The van der Waals surface area contributed by atoms with Gasteiger partial charge in [-0.15, -0.1) is 0 Å². The Kier molecular flexibility index (Phi) is 3.17. The minimum atomic E-state index is -3.75. The van der Waals surface area contributed by atoms with E-state index in [0.717, 1.165) is 12.3 Å². The van der Waals surface area contributed by atoms with Crippen LogP contribution in [0.3, 0.4) is 0 Å². The molecule has 8 nitrogen and oxygen atoms in total. The molecule has 2 aromatic heterocycles. The van der Waals surface area contributed by atoms with Gasteiger partial charge in [0.15, 0.2) is 0 Å². The number of carbonyl (C=O) groups is 1. The van der Waals surface area contributed by atoms with E-state index in [1.165, 1.54) is 6.20 Å². The summed E-state index contributed by atoms with van der Waals surface area (Å²) in [4.78, 5) is 19.5. The molecule has 0 radical (unpaired) electrons. The van der Waals surface area contributed by atoms with Crippen LogP contribution in [0.25, 0.3) is 0 Å². The van der Waals surface area contributed by atoms with Crippen LogP contribution in [0.2, 0.25) is 0 Å². The van der Waals surface area contributed by atoms with Crippen LogP contribution < -0.4 is 4.72 Å². The van der Waals surface area contributed by atoms with Gasteiger partial charge >= 0.3 is 5.97 Å². The lowest BCUT2D eigenvalue weighted by Crippen LogP contribution is -2.23. The molecule has 0 aliphatic rings. The first-order valence-electron chi connectivity index (χ1n) is 4.88. The molecule has 0 aromatic carbocycles. The number of aromatic amines is 2. The molecule has 0 saturated heterocycles. The van der Waals surface area contributed by atoms with Crippen molar-refractivity contribution in [2.45, 2.75) is 11.4 Å². The predicted octanol–water partition coefficient (Wildman–Crippen LogP) is -0.0855. The number of nitrogens with one attached hydrogen (secondary N) is 3. The molecular formula is C9H10N4O4S. The number of aromatic carboxylic acids is 1. The Morgan fingerprint density at radius 3 is 2.78 bits per heavy atom. The summed E-state index contributed by atoms with van der Waals surface area (Å²) in [5.74, 6) is -0.755. The molecule has 0 aliphatic heterocycles. The number of hydrogen-bond acceptors (Lipinski definition) is 4. The summed E-state index contributed by atoms with van der Waals surface area (Å²) in [6.07, 6.45) is 4.19. The highest BCUT2D eigenvalue weighted by atomic mass is 32.2. The molecule has 0 bridgehead atoms. The molecule has 0 spiro atoms. The van der Waals surface area contributed by atoms with Crippen molar-refractivity contribution in [1.82, 2.24) is 19.7 Å². The van der Waals surface area contributed by atoms with Crippen molar-refractivity contribution in [3.05, 3.63) is 36.2 Å². The van der Waals surface area contributed by atoms with E-state index in [2.05, 4.69) is 19.7 Å². The Bertz CT molecular complexity index is 644. The molecule has 2 heterocycles. The van der Waals surface area contributed by atoms with Gasteiger partial charge in [0, 0.05) is 18.6 Å². The van der Waals surface area contributed by atoms with Crippen LogP contribution in [-0.4, -0.2) is 34.4 Å². The molecule has 9 heteroatoms. The van der Waals surface area contributed by atoms with E-state index >= 15 is 0 Å². The monoisotopic (exact) mass is 270 g/mol. The third kappa shape index (κ3) is 2.57. The molecule has 4 N–H and O–H groups in total. The summed E-state index contributed by atoms with van der Waals surface area (Å²) < 4.78 is 25.9. The van der Waals surface area contributed by atoms with Crippen molar-refractivity contribution in [3.63, 3.8) is 0 Å². The fourth-order valence-electron chi connectivity index (χ4n) is 1.29. The average Bonchev–Trinajstić information content (AvgIpc) is 2.98. The highest BCUT2D eigenvalue weighted by Crippen LogP contribution is 2.10. The van der Waals surface area contributed by atoms with Crippen molar-refractivity contribution in [2.24, 2.45) is 0 Å².